The topological polar surface area (TPSA) is 87.7 Å². The Morgan fingerprint density at radius 1 is 1.10 bits per heavy atom. The van der Waals surface area contributed by atoms with E-state index in [-0.39, 0.29) is 5.95 Å². The molecule has 0 radical (unpaired) electrons. The normalized spacial score (nSPS) is 16.0. The fourth-order valence-corrected chi connectivity index (χ4v) is 3.74. The van der Waals surface area contributed by atoms with E-state index in [4.69, 9.17) is 4.74 Å². The number of halogens is 3. The number of nitrogens with one attached hydrogen (secondary N) is 1. The first-order valence-electron chi connectivity index (χ1n) is 8.62. The van der Waals surface area contributed by atoms with Crippen molar-refractivity contribution in [3.63, 3.8) is 0 Å². The van der Waals surface area contributed by atoms with E-state index >= 15 is 0 Å². The highest BCUT2D eigenvalue weighted by molar-refractivity contribution is 7.88. The van der Waals surface area contributed by atoms with E-state index in [9.17, 15) is 21.6 Å². The summed E-state index contributed by atoms with van der Waals surface area (Å²) in [6.07, 6.45) is -1.90. The molecule has 1 aromatic heterocycles. The lowest BCUT2D eigenvalue weighted by molar-refractivity contribution is -0.138. The molecule has 8 nitrogen and oxygen atoms in total. The van der Waals surface area contributed by atoms with Crippen LogP contribution in [0.4, 0.5) is 30.5 Å². The first-order chi connectivity index (χ1) is 13.6. The molecule has 0 aliphatic carbocycles. The number of sulfonamides is 1. The molecule has 158 valence electrons. The van der Waals surface area contributed by atoms with Gasteiger partial charge >= 0.3 is 6.18 Å². The molecule has 1 N–H and O–H groups in total. The summed E-state index contributed by atoms with van der Waals surface area (Å²) in [6.45, 7) is 1.84. The van der Waals surface area contributed by atoms with E-state index in [1.165, 1.54) is 17.7 Å². The van der Waals surface area contributed by atoms with Gasteiger partial charge in [0.1, 0.15) is 5.75 Å². The molecule has 0 spiro atoms. The van der Waals surface area contributed by atoms with Crippen molar-refractivity contribution in [1.29, 1.82) is 0 Å². The number of piperazine rings is 1. The van der Waals surface area contributed by atoms with Crippen LogP contribution < -0.4 is 15.0 Å². The van der Waals surface area contributed by atoms with Gasteiger partial charge in [-0.1, -0.05) is 0 Å². The van der Waals surface area contributed by atoms with E-state index in [0.717, 1.165) is 5.69 Å². The van der Waals surface area contributed by atoms with E-state index in [1.54, 1.807) is 12.1 Å². The molecule has 0 atom stereocenters. The molecule has 0 unspecified atom stereocenters. The third-order valence-corrected chi connectivity index (χ3v) is 5.79. The Morgan fingerprint density at radius 2 is 1.72 bits per heavy atom. The largest absolute Gasteiger partial charge is 0.494 e. The number of rotatable bonds is 5. The second-order valence-corrected chi connectivity index (χ2v) is 8.43. The molecular formula is C17H20F3N5O3S. The molecule has 0 saturated carbocycles. The molecule has 1 aromatic carbocycles. The van der Waals surface area contributed by atoms with Crippen molar-refractivity contribution >= 4 is 27.3 Å². The monoisotopic (exact) mass is 431 g/mol. The van der Waals surface area contributed by atoms with Crippen molar-refractivity contribution < 1.29 is 26.3 Å². The Morgan fingerprint density at radius 3 is 2.24 bits per heavy atom. The van der Waals surface area contributed by atoms with Gasteiger partial charge in [0.15, 0.2) is 0 Å². The predicted molar refractivity (Wildman–Crippen MR) is 102 cm³/mol. The average molecular weight is 431 g/mol. The minimum absolute atomic E-state index is 0.00539. The summed E-state index contributed by atoms with van der Waals surface area (Å²) >= 11 is 0. The van der Waals surface area contributed by atoms with Gasteiger partial charge in [0.2, 0.25) is 16.0 Å². The van der Waals surface area contributed by atoms with E-state index in [0.29, 0.717) is 50.0 Å². The van der Waals surface area contributed by atoms with E-state index in [1.807, 2.05) is 11.0 Å². The van der Waals surface area contributed by atoms with Crippen molar-refractivity contribution in [3.8, 4) is 5.75 Å². The predicted octanol–water partition coefficient (Wildman–Crippen LogP) is 2.33. The first kappa shape index (κ1) is 21.1. The fraction of sp³-hybridized carbons (Fsp3) is 0.412. The lowest BCUT2D eigenvalue weighted by Crippen LogP contribution is -2.48. The van der Waals surface area contributed by atoms with Crippen LogP contribution in [0.5, 0.6) is 5.75 Å². The van der Waals surface area contributed by atoms with Crippen molar-refractivity contribution in [2.24, 2.45) is 0 Å². The maximum absolute atomic E-state index is 12.6. The van der Waals surface area contributed by atoms with Gasteiger partial charge in [0.05, 0.1) is 24.6 Å². The van der Waals surface area contributed by atoms with Crippen LogP contribution in [0.1, 0.15) is 5.56 Å². The summed E-state index contributed by atoms with van der Waals surface area (Å²) in [5.41, 5.74) is 0.401. The zero-order chi connectivity index (χ0) is 21.2. The molecule has 1 aliphatic rings. The van der Waals surface area contributed by atoms with Gasteiger partial charge in [-0.05, 0) is 12.1 Å². The molecule has 0 amide bonds. The molecule has 1 fully saturated rings. The van der Waals surface area contributed by atoms with Gasteiger partial charge in [0.25, 0.3) is 0 Å². The molecule has 12 heteroatoms. The Kier molecular flexibility index (Phi) is 5.85. The number of ether oxygens (including phenoxy) is 1. The minimum Gasteiger partial charge on any atom is -0.494 e. The molecule has 0 bridgehead atoms. The quantitative estimate of drug-likeness (QED) is 0.778. The summed E-state index contributed by atoms with van der Waals surface area (Å²) in [5, 5.41) is 2.84. The van der Waals surface area contributed by atoms with Crippen LogP contribution in [-0.4, -0.2) is 62.2 Å². The molecular weight excluding hydrogens is 411 g/mol. The van der Waals surface area contributed by atoms with Crippen LogP contribution in [0.25, 0.3) is 0 Å². The third-order valence-electron chi connectivity index (χ3n) is 4.48. The number of methoxy groups -OCH3 is 1. The molecule has 29 heavy (non-hydrogen) atoms. The number of benzene rings is 1. The van der Waals surface area contributed by atoms with Crippen molar-refractivity contribution in [2.45, 2.75) is 6.18 Å². The molecule has 2 aromatic rings. The Labute approximate surface area is 166 Å². The summed E-state index contributed by atoms with van der Waals surface area (Å²) in [5.74, 6) is 0.461. The lowest BCUT2D eigenvalue weighted by Gasteiger charge is -2.35. The van der Waals surface area contributed by atoms with Crippen LogP contribution in [0, 0.1) is 0 Å². The number of hydrogen-bond acceptors (Lipinski definition) is 7. The highest BCUT2D eigenvalue weighted by Crippen LogP contribution is 2.33. The van der Waals surface area contributed by atoms with Crippen molar-refractivity contribution in [3.05, 3.63) is 36.2 Å². The van der Waals surface area contributed by atoms with Crippen molar-refractivity contribution in [2.75, 3.05) is 49.8 Å². The number of hydrogen-bond donors (Lipinski definition) is 1. The molecule has 2 heterocycles. The minimum atomic E-state index is -4.50. The zero-order valence-electron chi connectivity index (χ0n) is 15.8. The summed E-state index contributed by atoms with van der Waals surface area (Å²) < 4.78 is 67.9. The van der Waals surface area contributed by atoms with Gasteiger partial charge in [-0.25, -0.2) is 18.4 Å². The van der Waals surface area contributed by atoms with Gasteiger partial charge in [-0.15, -0.1) is 0 Å². The molecule has 1 saturated heterocycles. The Balaban J connectivity index is 1.73. The van der Waals surface area contributed by atoms with Crippen LogP contribution in [0.15, 0.2) is 30.6 Å². The molecule has 3 rings (SSSR count). The second kappa shape index (κ2) is 8.03. The number of nitrogens with zero attached hydrogens (tertiary/aromatic N) is 4. The number of aromatic nitrogens is 2. The maximum atomic E-state index is 12.6. The lowest BCUT2D eigenvalue weighted by atomic mass is 10.2. The second-order valence-electron chi connectivity index (χ2n) is 6.45. The maximum Gasteiger partial charge on any atom is 0.419 e. The molecule has 1 aliphatic heterocycles. The first-order valence-corrected chi connectivity index (χ1v) is 10.5. The summed E-state index contributed by atoms with van der Waals surface area (Å²) in [4.78, 5) is 9.41. The van der Waals surface area contributed by atoms with Crippen LogP contribution in [-0.2, 0) is 16.2 Å². The Hall–Kier alpha value is -2.60. The number of alkyl halides is 3. The zero-order valence-corrected chi connectivity index (χ0v) is 16.6. The van der Waals surface area contributed by atoms with Gasteiger partial charge < -0.3 is 15.0 Å². The van der Waals surface area contributed by atoms with Crippen LogP contribution in [0.3, 0.4) is 0 Å². The van der Waals surface area contributed by atoms with Crippen LogP contribution in [0.2, 0.25) is 0 Å². The fourth-order valence-electron chi connectivity index (χ4n) is 2.92. The number of anilines is 3. The summed E-state index contributed by atoms with van der Waals surface area (Å²) in [6, 6.07) is 5.28. The summed E-state index contributed by atoms with van der Waals surface area (Å²) in [7, 11) is -1.74. The smallest absolute Gasteiger partial charge is 0.419 e. The average Bonchev–Trinajstić information content (AvgIpc) is 2.67. The van der Waals surface area contributed by atoms with Gasteiger partial charge in [-0.2, -0.15) is 17.5 Å². The Bertz CT molecular complexity index is 959. The van der Waals surface area contributed by atoms with Crippen molar-refractivity contribution in [1.82, 2.24) is 14.3 Å². The highest BCUT2D eigenvalue weighted by Gasteiger charge is 2.31. The SMILES string of the molecule is COc1cc(N2CCN(S(C)(=O)=O)CC2)ccc1Nc1ncc(C(F)(F)F)cn1. The van der Waals surface area contributed by atoms with E-state index < -0.39 is 21.8 Å². The standard InChI is InChI=1S/C17H20F3N5O3S/c1-28-15-9-13(24-5-7-25(8-6-24)29(2,26)27)3-4-14(15)23-16-21-10-12(11-22-16)17(18,19)20/h3-4,9-11H,5-8H2,1-2H3,(H,21,22,23). The third kappa shape index (κ3) is 5.07. The highest BCUT2D eigenvalue weighted by atomic mass is 32.2. The van der Waals surface area contributed by atoms with E-state index in [2.05, 4.69) is 15.3 Å². The van der Waals surface area contributed by atoms with Crippen LogP contribution >= 0.6 is 0 Å². The van der Waals surface area contributed by atoms with Gasteiger partial charge in [0, 0.05) is 50.3 Å². The van der Waals surface area contributed by atoms with Gasteiger partial charge in [-0.3, -0.25) is 0 Å².